The summed E-state index contributed by atoms with van der Waals surface area (Å²) >= 11 is 0. The van der Waals surface area contributed by atoms with Gasteiger partial charge in [-0.25, -0.2) is 4.98 Å². The Kier molecular flexibility index (Phi) is 4.96. The Labute approximate surface area is 137 Å². The van der Waals surface area contributed by atoms with Crippen LogP contribution in [0.5, 0.6) is 0 Å². The first kappa shape index (κ1) is 16.0. The molecule has 3 heterocycles. The summed E-state index contributed by atoms with van der Waals surface area (Å²) in [5.74, 6) is 0.749. The van der Waals surface area contributed by atoms with Crippen LogP contribution in [0.3, 0.4) is 0 Å². The summed E-state index contributed by atoms with van der Waals surface area (Å²) in [4.78, 5) is 19.1. The van der Waals surface area contributed by atoms with E-state index in [2.05, 4.69) is 11.9 Å². The van der Waals surface area contributed by atoms with Gasteiger partial charge in [0.2, 0.25) is 5.91 Å². The van der Waals surface area contributed by atoms with E-state index in [1.807, 2.05) is 40.8 Å². The van der Waals surface area contributed by atoms with Crippen molar-refractivity contribution < 1.29 is 9.53 Å². The molecule has 5 heteroatoms. The van der Waals surface area contributed by atoms with E-state index in [4.69, 9.17) is 4.74 Å². The number of imidazole rings is 1. The maximum absolute atomic E-state index is 12.7. The molecule has 0 atom stereocenters. The van der Waals surface area contributed by atoms with Gasteiger partial charge in [-0.2, -0.15) is 0 Å². The lowest BCUT2D eigenvalue weighted by Gasteiger charge is -2.29. The van der Waals surface area contributed by atoms with Crippen LogP contribution >= 0.6 is 0 Å². The van der Waals surface area contributed by atoms with E-state index in [0.717, 1.165) is 56.0 Å². The van der Waals surface area contributed by atoms with Crippen LogP contribution in [0, 0.1) is 12.8 Å². The molecule has 1 amide bonds. The van der Waals surface area contributed by atoms with Crippen LogP contribution in [0.25, 0.3) is 5.65 Å². The number of carbonyl (C=O) groups is 1. The Bertz CT molecular complexity index is 674. The Morgan fingerprint density at radius 2 is 2.22 bits per heavy atom. The van der Waals surface area contributed by atoms with E-state index in [1.165, 1.54) is 0 Å². The molecule has 124 valence electrons. The Hall–Kier alpha value is -1.88. The zero-order valence-corrected chi connectivity index (χ0v) is 14.0. The van der Waals surface area contributed by atoms with E-state index >= 15 is 0 Å². The monoisotopic (exact) mass is 315 g/mol. The summed E-state index contributed by atoms with van der Waals surface area (Å²) in [5.41, 5.74) is 3.02. The number of fused-ring (bicyclic) bond motifs is 1. The predicted molar refractivity (Wildman–Crippen MR) is 89.4 cm³/mol. The van der Waals surface area contributed by atoms with Crippen LogP contribution in [0.4, 0.5) is 0 Å². The lowest BCUT2D eigenvalue weighted by atomic mass is 9.99. The summed E-state index contributed by atoms with van der Waals surface area (Å²) in [5, 5.41) is 0. The van der Waals surface area contributed by atoms with Crippen molar-refractivity contribution in [1.29, 1.82) is 0 Å². The van der Waals surface area contributed by atoms with Gasteiger partial charge in [0.25, 0.3) is 0 Å². The number of amides is 1. The summed E-state index contributed by atoms with van der Waals surface area (Å²) in [6.45, 7) is 7.33. The third-order valence-corrected chi connectivity index (χ3v) is 4.69. The highest BCUT2D eigenvalue weighted by Gasteiger charge is 2.21. The molecule has 1 fully saturated rings. The highest BCUT2D eigenvalue weighted by molar-refractivity contribution is 5.78. The quantitative estimate of drug-likeness (QED) is 0.851. The van der Waals surface area contributed by atoms with E-state index in [1.54, 1.807) is 0 Å². The molecule has 0 spiro atoms. The van der Waals surface area contributed by atoms with Gasteiger partial charge in [0.15, 0.2) is 0 Å². The molecule has 0 bridgehead atoms. The number of hydrogen-bond acceptors (Lipinski definition) is 3. The third kappa shape index (κ3) is 3.55. The van der Waals surface area contributed by atoms with Crippen LogP contribution in [0.2, 0.25) is 0 Å². The largest absolute Gasteiger partial charge is 0.381 e. The molecular weight excluding hydrogens is 290 g/mol. The van der Waals surface area contributed by atoms with Gasteiger partial charge in [0.1, 0.15) is 5.65 Å². The van der Waals surface area contributed by atoms with Crippen molar-refractivity contribution in [3.05, 3.63) is 35.8 Å². The number of nitrogens with zero attached hydrogens (tertiary/aromatic N) is 3. The first-order chi connectivity index (χ1) is 11.2. The third-order valence-electron chi connectivity index (χ3n) is 4.69. The average Bonchev–Trinajstić information content (AvgIpc) is 2.98. The molecule has 0 aromatic carbocycles. The number of carbonyl (C=O) groups excluding carboxylic acids is 1. The fourth-order valence-electron chi connectivity index (χ4n) is 3.25. The number of ether oxygens (including phenoxy) is 1. The normalized spacial score (nSPS) is 15.9. The highest BCUT2D eigenvalue weighted by atomic mass is 16.5. The van der Waals surface area contributed by atoms with Gasteiger partial charge in [0, 0.05) is 38.7 Å². The number of aromatic nitrogens is 2. The number of hydrogen-bond donors (Lipinski definition) is 0. The zero-order valence-electron chi connectivity index (χ0n) is 14.0. The van der Waals surface area contributed by atoms with Gasteiger partial charge >= 0.3 is 0 Å². The molecular formula is C18H25N3O2. The van der Waals surface area contributed by atoms with Gasteiger partial charge < -0.3 is 14.0 Å². The fraction of sp³-hybridized carbons (Fsp3) is 0.556. The van der Waals surface area contributed by atoms with E-state index < -0.39 is 0 Å². The smallest absolute Gasteiger partial charge is 0.228 e. The second-order valence-corrected chi connectivity index (χ2v) is 6.30. The van der Waals surface area contributed by atoms with Crippen molar-refractivity contribution in [2.45, 2.75) is 33.1 Å². The Morgan fingerprint density at radius 3 is 2.96 bits per heavy atom. The number of pyridine rings is 1. The fourth-order valence-corrected chi connectivity index (χ4v) is 3.25. The Balaban J connectivity index is 1.69. The summed E-state index contributed by atoms with van der Waals surface area (Å²) in [6.07, 6.45) is 6.31. The van der Waals surface area contributed by atoms with E-state index in [9.17, 15) is 4.79 Å². The molecule has 2 aromatic rings. The molecule has 0 N–H and O–H groups in total. The second kappa shape index (κ2) is 7.13. The first-order valence-electron chi connectivity index (χ1n) is 8.46. The minimum absolute atomic E-state index is 0.183. The van der Waals surface area contributed by atoms with Crippen molar-refractivity contribution in [3.63, 3.8) is 0 Å². The summed E-state index contributed by atoms with van der Waals surface area (Å²) in [6, 6.07) is 4.04. The van der Waals surface area contributed by atoms with E-state index in [-0.39, 0.29) is 5.91 Å². The van der Waals surface area contributed by atoms with Gasteiger partial charge in [-0.3, -0.25) is 4.79 Å². The topological polar surface area (TPSA) is 46.8 Å². The highest BCUT2D eigenvalue weighted by Crippen LogP contribution is 2.17. The van der Waals surface area contributed by atoms with Gasteiger partial charge in [0.05, 0.1) is 12.1 Å². The number of aryl methyl sites for hydroxylation is 1. The maximum Gasteiger partial charge on any atom is 0.228 e. The first-order valence-corrected chi connectivity index (χ1v) is 8.46. The molecule has 0 unspecified atom stereocenters. The lowest BCUT2D eigenvalue weighted by molar-refractivity contribution is -0.131. The summed E-state index contributed by atoms with van der Waals surface area (Å²) < 4.78 is 7.43. The minimum Gasteiger partial charge on any atom is -0.381 e. The van der Waals surface area contributed by atoms with Crippen molar-refractivity contribution in [3.8, 4) is 0 Å². The van der Waals surface area contributed by atoms with Gasteiger partial charge in [-0.05, 0) is 44.2 Å². The van der Waals surface area contributed by atoms with Crippen molar-refractivity contribution >= 4 is 11.6 Å². The van der Waals surface area contributed by atoms with Gasteiger partial charge in [-0.15, -0.1) is 0 Å². The van der Waals surface area contributed by atoms with Crippen LogP contribution in [-0.4, -0.2) is 46.5 Å². The predicted octanol–water partition coefficient (Wildman–Crippen LogP) is 2.46. The minimum atomic E-state index is 0.183. The average molecular weight is 315 g/mol. The van der Waals surface area contributed by atoms with Crippen LogP contribution in [0.15, 0.2) is 24.5 Å². The van der Waals surface area contributed by atoms with Crippen molar-refractivity contribution in [2.75, 3.05) is 26.3 Å². The molecule has 1 aliphatic rings. The molecule has 23 heavy (non-hydrogen) atoms. The standard InChI is InChI=1S/C18H25N3O2/c1-3-20(13-15-6-9-23-10-7-15)17(22)11-16-12-19-18-14(2)5-4-8-21(16)18/h4-5,8,12,15H,3,6-7,9-11,13H2,1-2H3. The van der Waals surface area contributed by atoms with Crippen molar-refractivity contribution in [2.24, 2.45) is 5.92 Å². The summed E-state index contributed by atoms with van der Waals surface area (Å²) in [7, 11) is 0. The molecule has 1 saturated heterocycles. The lowest BCUT2D eigenvalue weighted by Crippen LogP contribution is -2.38. The van der Waals surface area contributed by atoms with Gasteiger partial charge in [-0.1, -0.05) is 6.07 Å². The Morgan fingerprint density at radius 1 is 1.43 bits per heavy atom. The van der Waals surface area contributed by atoms with Crippen LogP contribution in [-0.2, 0) is 16.0 Å². The molecule has 5 nitrogen and oxygen atoms in total. The molecule has 0 radical (unpaired) electrons. The number of rotatable bonds is 5. The molecule has 3 rings (SSSR count). The maximum atomic E-state index is 12.7. The molecule has 2 aromatic heterocycles. The number of likely N-dealkylation sites (N-methyl/N-ethyl adjacent to an activating group) is 1. The SMILES string of the molecule is CCN(CC1CCOCC1)C(=O)Cc1cnc2c(C)cccn12. The second-order valence-electron chi connectivity index (χ2n) is 6.30. The van der Waals surface area contributed by atoms with Crippen molar-refractivity contribution in [1.82, 2.24) is 14.3 Å². The zero-order chi connectivity index (χ0) is 16.2. The molecule has 1 aliphatic heterocycles. The van der Waals surface area contributed by atoms with Crippen LogP contribution in [0.1, 0.15) is 31.0 Å². The molecule has 0 aliphatic carbocycles. The molecule has 0 saturated carbocycles. The van der Waals surface area contributed by atoms with E-state index in [0.29, 0.717) is 12.3 Å². The van der Waals surface area contributed by atoms with Crippen LogP contribution < -0.4 is 0 Å².